The first kappa shape index (κ1) is 11.0. The Morgan fingerprint density at radius 2 is 2.15 bits per heavy atom. The lowest BCUT2D eigenvalue weighted by Crippen LogP contribution is -1.89. The Morgan fingerprint density at radius 1 is 1.25 bits per heavy atom. The van der Waals surface area contributed by atoms with Crippen LogP contribution in [0.2, 0.25) is 0 Å². The van der Waals surface area contributed by atoms with E-state index >= 15 is 0 Å². The fourth-order valence-corrected chi connectivity index (χ4v) is 2.49. The molecule has 0 unspecified atom stereocenters. The fourth-order valence-electron chi connectivity index (χ4n) is 2.49. The molecule has 0 atom stereocenters. The Bertz CT molecular complexity index is 933. The molecule has 6 nitrogen and oxygen atoms in total. The number of aromatic nitrogens is 5. The van der Waals surface area contributed by atoms with Gasteiger partial charge in [-0.1, -0.05) is 0 Å². The van der Waals surface area contributed by atoms with Gasteiger partial charge in [-0.15, -0.1) is 0 Å². The Kier molecular flexibility index (Phi) is 2.09. The first-order chi connectivity index (χ1) is 9.72. The van der Waals surface area contributed by atoms with E-state index < -0.39 is 0 Å². The largest absolute Gasteiger partial charge is 0.369 e. The molecule has 0 aliphatic carbocycles. The van der Waals surface area contributed by atoms with Crippen molar-refractivity contribution < 1.29 is 0 Å². The van der Waals surface area contributed by atoms with E-state index in [4.69, 9.17) is 5.73 Å². The number of nitrogen functional groups attached to an aromatic ring is 1. The number of nitrogens with one attached hydrogen (secondary N) is 1. The summed E-state index contributed by atoms with van der Waals surface area (Å²) in [5.74, 6) is 0.425. The highest BCUT2D eigenvalue weighted by Crippen LogP contribution is 2.29. The Morgan fingerprint density at radius 3 is 3.05 bits per heavy atom. The van der Waals surface area contributed by atoms with E-state index in [1.807, 2.05) is 30.6 Å². The van der Waals surface area contributed by atoms with Crippen molar-refractivity contribution in [2.45, 2.75) is 6.92 Å². The zero-order valence-electron chi connectivity index (χ0n) is 10.8. The van der Waals surface area contributed by atoms with Crippen LogP contribution in [0.25, 0.3) is 27.8 Å². The zero-order valence-corrected chi connectivity index (χ0v) is 10.8. The van der Waals surface area contributed by atoms with Crippen LogP contribution in [0.15, 0.2) is 36.8 Å². The molecule has 1 aromatic carbocycles. The highest BCUT2D eigenvalue weighted by Gasteiger charge is 2.12. The lowest BCUT2D eigenvalue weighted by atomic mass is 10.0. The molecule has 4 aromatic rings. The average molecular weight is 264 g/mol. The van der Waals surface area contributed by atoms with Gasteiger partial charge in [0.05, 0.1) is 17.2 Å². The summed E-state index contributed by atoms with van der Waals surface area (Å²) in [5.41, 5.74) is 11.5. The Labute approximate surface area is 114 Å². The second-order valence-corrected chi connectivity index (χ2v) is 4.75. The number of benzene rings is 1. The maximum Gasteiger partial charge on any atom is 0.198 e. The third-order valence-electron chi connectivity index (χ3n) is 3.42. The third kappa shape index (κ3) is 1.48. The van der Waals surface area contributed by atoms with Gasteiger partial charge >= 0.3 is 0 Å². The van der Waals surface area contributed by atoms with Crippen molar-refractivity contribution in [3.05, 3.63) is 42.4 Å². The smallest absolute Gasteiger partial charge is 0.198 e. The molecule has 0 aliphatic rings. The minimum Gasteiger partial charge on any atom is -0.369 e. The summed E-state index contributed by atoms with van der Waals surface area (Å²) >= 11 is 0. The predicted octanol–water partition coefficient (Wildman–Crippen LogP) is 2.16. The standard InChI is InChI=1S/C14H12N6/c1-8-5-11-12(19-14(15)18-11)6-9(8)10-7-17-20-4-2-3-16-13(10)20/h2-7H,1H3,(H3,15,18,19). The molecule has 0 radical (unpaired) electrons. The summed E-state index contributed by atoms with van der Waals surface area (Å²) in [6.45, 7) is 2.05. The molecule has 3 aromatic heterocycles. The van der Waals surface area contributed by atoms with Crippen molar-refractivity contribution in [3.63, 3.8) is 0 Å². The second-order valence-electron chi connectivity index (χ2n) is 4.75. The molecular weight excluding hydrogens is 252 g/mol. The molecule has 0 amide bonds. The molecule has 3 heterocycles. The van der Waals surface area contributed by atoms with Crippen LogP contribution < -0.4 is 5.73 Å². The molecule has 20 heavy (non-hydrogen) atoms. The van der Waals surface area contributed by atoms with Crippen molar-refractivity contribution in [2.24, 2.45) is 0 Å². The van der Waals surface area contributed by atoms with Crippen molar-refractivity contribution in [1.82, 2.24) is 24.6 Å². The first-order valence-corrected chi connectivity index (χ1v) is 6.27. The predicted molar refractivity (Wildman–Crippen MR) is 77.2 cm³/mol. The van der Waals surface area contributed by atoms with E-state index in [-0.39, 0.29) is 0 Å². The number of anilines is 1. The molecular formula is C14H12N6. The van der Waals surface area contributed by atoms with Gasteiger partial charge in [0, 0.05) is 18.0 Å². The van der Waals surface area contributed by atoms with Gasteiger partial charge in [0.2, 0.25) is 0 Å². The van der Waals surface area contributed by atoms with Crippen LogP contribution in [-0.4, -0.2) is 24.6 Å². The molecule has 0 bridgehead atoms. The summed E-state index contributed by atoms with van der Waals surface area (Å²) in [5, 5.41) is 4.32. The molecule has 0 aliphatic heterocycles. The third-order valence-corrected chi connectivity index (χ3v) is 3.42. The monoisotopic (exact) mass is 264 g/mol. The van der Waals surface area contributed by atoms with E-state index in [1.54, 1.807) is 10.7 Å². The molecule has 98 valence electrons. The average Bonchev–Trinajstić information content (AvgIpc) is 3.00. The van der Waals surface area contributed by atoms with Crippen LogP contribution in [0.1, 0.15) is 5.56 Å². The summed E-state index contributed by atoms with van der Waals surface area (Å²) < 4.78 is 1.76. The summed E-state index contributed by atoms with van der Waals surface area (Å²) in [6.07, 6.45) is 5.47. The minimum atomic E-state index is 0.425. The van der Waals surface area contributed by atoms with Crippen molar-refractivity contribution in [3.8, 4) is 11.1 Å². The van der Waals surface area contributed by atoms with E-state index in [2.05, 4.69) is 27.0 Å². The Balaban J connectivity index is 2.03. The van der Waals surface area contributed by atoms with Gasteiger partial charge in [-0.2, -0.15) is 5.10 Å². The molecule has 6 heteroatoms. The summed E-state index contributed by atoms with van der Waals surface area (Å²) in [7, 11) is 0. The van der Waals surface area contributed by atoms with Crippen LogP contribution >= 0.6 is 0 Å². The summed E-state index contributed by atoms with van der Waals surface area (Å²) in [4.78, 5) is 11.7. The van der Waals surface area contributed by atoms with E-state index in [1.165, 1.54) is 0 Å². The number of nitrogens with two attached hydrogens (primary N) is 1. The highest BCUT2D eigenvalue weighted by molar-refractivity contribution is 5.88. The van der Waals surface area contributed by atoms with Crippen LogP contribution in [0.4, 0.5) is 5.95 Å². The molecule has 0 saturated heterocycles. The number of nitrogens with zero attached hydrogens (tertiary/aromatic N) is 4. The molecule has 0 spiro atoms. The zero-order chi connectivity index (χ0) is 13.7. The summed E-state index contributed by atoms with van der Waals surface area (Å²) in [6, 6.07) is 5.91. The van der Waals surface area contributed by atoms with Crippen LogP contribution in [-0.2, 0) is 0 Å². The van der Waals surface area contributed by atoms with Crippen LogP contribution in [0, 0.1) is 6.92 Å². The van der Waals surface area contributed by atoms with Gasteiger partial charge < -0.3 is 10.7 Å². The number of aryl methyl sites for hydroxylation is 1. The van der Waals surface area contributed by atoms with E-state index in [9.17, 15) is 0 Å². The minimum absolute atomic E-state index is 0.425. The SMILES string of the molecule is Cc1cc2[nH]c(N)nc2cc1-c1cnn2cccnc12. The number of fused-ring (bicyclic) bond motifs is 2. The van der Waals surface area contributed by atoms with E-state index in [0.29, 0.717) is 5.95 Å². The van der Waals surface area contributed by atoms with E-state index in [0.717, 1.165) is 33.4 Å². The van der Waals surface area contributed by atoms with Crippen molar-refractivity contribution in [1.29, 1.82) is 0 Å². The second kappa shape index (κ2) is 3.80. The number of rotatable bonds is 1. The quantitative estimate of drug-likeness (QED) is 0.551. The topological polar surface area (TPSA) is 84.9 Å². The Hall–Kier alpha value is -2.89. The van der Waals surface area contributed by atoms with Crippen molar-refractivity contribution >= 4 is 22.6 Å². The van der Waals surface area contributed by atoms with Gasteiger partial charge in [0.25, 0.3) is 0 Å². The van der Waals surface area contributed by atoms with Gasteiger partial charge in [-0.3, -0.25) is 0 Å². The number of hydrogen-bond donors (Lipinski definition) is 2. The molecule has 3 N–H and O–H groups in total. The van der Waals surface area contributed by atoms with Gasteiger partial charge in [0.15, 0.2) is 11.6 Å². The fraction of sp³-hybridized carbons (Fsp3) is 0.0714. The van der Waals surface area contributed by atoms with Crippen LogP contribution in [0.5, 0.6) is 0 Å². The lowest BCUT2D eigenvalue weighted by Gasteiger charge is -2.03. The van der Waals surface area contributed by atoms with Gasteiger partial charge in [-0.05, 0) is 36.2 Å². The highest BCUT2D eigenvalue weighted by atomic mass is 15.2. The lowest BCUT2D eigenvalue weighted by molar-refractivity contribution is 0.939. The number of imidazole rings is 1. The number of hydrogen-bond acceptors (Lipinski definition) is 4. The number of aromatic amines is 1. The van der Waals surface area contributed by atoms with Gasteiger partial charge in [0.1, 0.15) is 0 Å². The normalized spacial score (nSPS) is 11.4. The first-order valence-electron chi connectivity index (χ1n) is 6.27. The maximum atomic E-state index is 5.70. The maximum absolute atomic E-state index is 5.70. The molecule has 4 rings (SSSR count). The van der Waals surface area contributed by atoms with Crippen molar-refractivity contribution in [2.75, 3.05) is 5.73 Å². The number of H-pyrrole nitrogens is 1. The van der Waals surface area contributed by atoms with Crippen LogP contribution in [0.3, 0.4) is 0 Å². The van der Waals surface area contributed by atoms with Gasteiger partial charge in [-0.25, -0.2) is 14.5 Å². The molecule has 0 fully saturated rings. The molecule has 0 saturated carbocycles.